The first kappa shape index (κ1) is 23.1. The van der Waals surface area contributed by atoms with E-state index in [2.05, 4.69) is 17.0 Å². The lowest BCUT2D eigenvalue weighted by Gasteiger charge is -2.34. The van der Waals surface area contributed by atoms with Crippen LogP contribution in [0.5, 0.6) is 0 Å². The van der Waals surface area contributed by atoms with Gasteiger partial charge in [0.15, 0.2) is 0 Å². The van der Waals surface area contributed by atoms with E-state index >= 15 is 0 Å². The van der Waals surface area contributed by atoms with Crippen LogP contribution in [0.4, 0.5) is 5.88 Å². The van der Waals surface area contributed by atoms with Crippen molar-refractivity contribution < 1.29 is 14.1 Å². The number of methoxy groups -OCH3 is 1. The van der Waals surface area contributed by atoms with Crippen LogP contribution in [0, 0.1) is 0 Å². The zero-order chi connectivity index (χ0) is 23.0. The normalized spacial score (nSPS) is 16.1. The summed E-state index contributed by atoms with van der Waals surface area (Å²) in [6, 6.07) is 19.9. The fourth-order valence-corrected chi connectivity index (χ4v) is 4.50. The van der Waals surface area contributed by atoms with Gasteiger partial charge in [0.25, 0.3) is 5.91 Å². The van der Waals surface area contributed by atoms with Gasteiger partial charge in [0.2, 0.25) is 5.88 Å². The summed E-state index contributed by atoms with van der Waals surface area (Å²) in [5.41, 5.74) is 3.45. The summed E-state index contributed by atoms with van der Waals surface area (Å²) in [6.07, 6.45) is 4.24. The first-order valence-electron chi connectivity index (χ1n) is 11.8. The molecule has 2 aromatic carbocycles. The molecule has 0 saturated carbocycles. The van der Waals surface area contributed by atoms with Crippen LogP contribution in [0.2, 0.25) is 0 Å². The molecule has 4 rings (SSSR count). The van der Waals surface area contributed by atoms with Gasteiger partial charge in [-0.05, 0) is 44.7 Å². The number of benzene rings is 2. The van der Waals surface area contributed by atoms with Crippen molar-refractivity contribution in [2.45, 2.75) is 45.2 Å². The van der Waals surface area contributed by atoms with Crippen LogP contribution in [-0.4, -0.2) is 48.8 Å². The van der Waals surface area contributed by atoms with Crippen molar-refractivity contribution in [1.29, 1.82) is 0 Å². The van der Waals surface area contributed by atoms with Crippen LogP contribution >= 0.6 is 0 Å². The maximum atomic E-state index is 13.5. The number of nitrogens with zero attached hydrogens (tertiary/aromatic N) is 3. The van der Waals surface area contributed by atoms with E-state index in [0.717, 1.165) is 48.5 Å². The minimum atomic E-state index is 0.00422. The Morgan fingerprint density at radius 3 is 2.55 bits per heavy atom. The molecule has 1 aliphatic heterocycles. The molecule has 0 N–H and O–H groups in total. The Labute approximate surface area is 196 Å². The third-order valence-corrected chi connectivity index (χ3v) is 6.31. The van der Waals surface area contributed by atoms with E-state index in [9.17, 15) is 4.79 Å². The van der Waals surface area contributed by atoms with Crippen LogP contribution in [0.15, 0.2) is 65.2 Å². The Balaban J connectivity index is 1.71. The zero-order valence-electron chi connectivity index (χ0n) is 19.6. The molecule has 6 nitrogen and oxygen atoms in total. The van der Waals surface area contributed by atoms with E-state index in [1.54, 1.807) is 7.11 Å². The van der Waals surface area contributed by atoms with Crippen molar-refractivity contribution >= 4 is 11.8 Å². The number of rotatable bonds is 9. The van der Waals surface area contributed by atoms with Crippen molar-refractivity contribution in [3.8, 4) is 11.3 Å². The number of ether oxygens (including phenoxy) is 1. The largest absolute Gasteiger partial charge is 0.385 e. The molecule has 3 aromatic rings. The van der Waals surface area contributed by atoms with E-state index < -0.39 is 0 Å². The highest BCUT2D eigenvalue weighted by Crippen LogP contribution is 2.35. The smallest absolute Gasteiger partial charge is 0.254 e. The van der Waals surface area contributed by atoms with E-state index in [4.69, 9.17) is 9.26 Å². The number of carbonyl (C=O) groups excluding carboxylic acids is 1. The van der Waals surface area contributed by atoms with Gasteiger partial charge in [-0.15, -0.1) is 0 Å². The van der Waals surface area contributed by atoms with Crippen LogP contribution in [-0.2, 0) is 11.3 Å². The van der Waals surface area contributed by atoms with Crippen LogP contribution in [0.1, 0.15) is 48.5 Å². The molecular formula is C27H33N3O3. The second-order valence-corrected chi connectivity index (χ2v) is 8.66. The molecular weight excluding hydrogens is 414 g/mol. The summed E-state index contributed by atoms with van der Waals surface area (Å²) in [5.74, 6) is 0.795. The van der Waals surface area contributed by atoms with Crippen molar-refractivity contribution in [3.63, 3.8) is 0 Å². The quantitative estimate of drug-likeness (QED) is 0.411. The summed E-state index contributed by atoms with van der Waals surface area (Å²) in [5, 5.41) is 4.50. The molecule has 2 heterocycles. The number of hydrogen-bond acceptors (Lipinski definition) is 5. The Morgan fingerprint density at radius 1 is 1.12 bits per heavy atom. The topological polar surface area (TPSA) is 58.8 Å². The highest BCUT2D eigenvalue weighted by Gasteiger charge is 2.29. The van der Waals surface area contributed by atoms with Crippen molar-refractivity contribution in [2.24, 2.45) is 0 Å². The third kappa shape index (κ3) is 5.45. The number of amides is 1. The van der Waals surface area contributed by atoms with E-state index in [0.29, 0.717) is 31.3 Å². The Hall–Kier alpha value is -3.12. The zero-order valence-corrected chi connectivity index (χ0v) is 19.6. The Kier molecular flexibility index (Phi) is 7.79. The standard InChI is InChI=1S/C27H33N3O3/c1-21-12-9-10-18-30(21)27-24(25(28-33-27)22-13-5-3-6-14-22)20-29(17-11-19-32-2)26(31)23-15-7-4-8-16-23/h3-8,13-16,21H,9-12,17-20H2,1-2H3/t21-/m0/s1. The van der Waals surface area contributed by atoms with Crippen LogP contribution in [0.25, 0.3) is 11.3 Å². The van der Waals surface area contributed by atoms with Gasteiger partial charge in [0, 0.05) is 44.0 Å². The Morgan fingerprint density at radius 2 is 1.85 bits per heavy atom. The molecule has 174 valence electrons. The fourth-order valence-electron chi connectivity index (χ4n) is 4.50. The molecule has 1 atom stereocenters. The average molecular weight is 448 g/mol. The molecule has 0 radical (unpaired) electrons. The van der Waals surface area contributed by atoms with Crippen LogP contribution < -0.4 is 4.90 Å². The molecule has 0 unspecified atom stereocenters. The second-order valence-electron chi connectivity index (χ2n) is 8.66. The van der Waals surface area contributed by atoms with Crippen LogP contribution in [0.3, 0.4) is 0 Å². The molecule has 1 aromatic heterocycles. The summed E-state index contributed by atoms with van der Waals surface area (Å²) in [4.78, 5) is 17.7. The van der Waals surface area contributed by atoms with Gasteiger partial charge in [0.1, 0.15) is 5.69 Å². The van der Waals surface area contributed by atoms with Gasteiger partial charge >= 0.3 is 0 Å². The van der Waals surface area contributed by atoms with Crippen molar-refractivity contribution in [2.75, 3.05) is 31.7 Å². The highest BCUT2D eigenvalue weighted by molar-refractivity contribution is 5.94. The second kappa shape index (κ2) is 11.1. The van der Waals surface area contributed by atoms with Gasteiger partial charge < -0.3 is 19.1 Å². The van der Waals surface area contributed by atoms with Gasteiger partial charge in [-0.25, -0.2) is 0 Å². The average Bonchev–Trinajstić information content (AvgIpc) is 3.27. The monoisotopic (exact) mass is 447 g/mol. The number of anilines is 1. The molecule has 6 heteroatoms. The number of hydrogen-bond donors (Lipinski definition) is 0. The number of piperidine rings is 1. The SMILES string of the molecule is COCCCN(Cc1c(-c2ccccc2)noc1N1CCCC[C@@H]1C)C(=O)c1ccccc1. The van der Waals surface area contributed by atoms with E-state index in [1.807, 2.05) is 65.6 Å². The highest BCUT2D eigenvalue weighted by atomic mass is 16.5. The lowest BCUT2D eigenvalue weighted by atomic mass is 10.0. The number of carbonyl (C=O) groups is 1. The molecule has 1 saturated heterocycles. The van der Waals surface area contributed by atoms with Gasteiger partial charge in [-0.2, -0.15) is 0 Å². The molecule has 1 fully saturated rings. The summed E-state index contributed by atoms with van der Waals surface area (Å²) < 4.78 is 11.2. The summed E-state index contributed by atoms with van der Waals surface area (Å²) in [7, 11) is 1.69. The predicted octanol–water partition coefficient (Wildman–Crippen LogP) is 5.40. The fraction of sp³-hybridized carbons (Fsp3) is 0.407. The van der Waals surface area contributed by atoms with Gasteiger partial charge in [-0.1, -0.05) is 53.7 Å². The summed E-state index contributed by atoms with van der Waals surface area (Å²) >= 11 is 0. The van der Waals surface area contributed by atoms with E-state index in [-0.39, 0.29) is 5.91 Å². The summed E-state index contributed by atoms with van der Waals surface area (Å²) in [6.45, 7) is 4.80. The molecule has 0 spiro atoms. The van der Waals surface area contributed by atoms with Gasteiger partial charge in [0.05, 0.1) is 12.1 Å². The van der Waals surface area contributed by atoms with E-state index in [1.165, 1.54) is 6.42 Å². The first-order valence-corrected chi connectivity index (χ1v) is 11.8. The molecule has 0 aliphatic carbocycles. The molecule has 1 amide bonds. The maximum absolute atomic E-state index is 13.5. The Bertz CT molecular complexity index is 1020. The molecule has 33 heavy (non-hydrogen) atoms. The number of aromatic nitrogens is 1. The molecule has 0 bridgehead atoms. The third-order valence-electron chi connectivity index (χ3n) is 6.31. The first-order chi connectivity index (χ1) is 16.2. The maximum Gasteiger partial charge on any atom is 0.254 e. The minimum Gasteiger partial charge on any atom is -0.385 e. The lowest BCUT2D eigenvalue weighted by molar-refractivity contribution is 0.0724. The van der Waals surface area contributed by atoms with Gasteiger partial charge in [-0.3, -0.25) is 4.79 Å². The molecule has 1 aliphatic rings. The van der Waals surface area contributed by atoms with Crippen molar-refractivity contribution in [3.05, 3.63) is 71.8 Å². The van der Waals surface area contributed by atoms with Crippen molar-refractivity contribution in [1.82, 2.24) is 10.1 Å². The lowest BCUT2D eigenvalue weighted by Crippen LogP contribution is -2.38. The minimum absolute atomic E-state index is 0.00422. The predicted molar refractivity (Wildman–Crippen MR) is 130 cm³/mol.